The summed E-state index contributed by atoms with van der Waals surface area (Å²) in [7, 11) is 0. The van der Waals surface area contributed by atoms with Gasteiger partial charge in [0.25, 0.3) is 0 Å². The maximum absolute atomic E-state index is 13.3. The number of hydrogen-bond donors (Lipinski definition) is 0. The van der Waals surface area contributed by atoms with Crippen molar-refractivity contribution in [1.29, 1.82) is 0 Å². The third-order valence-corrected chi connectivity index (χ3v) is 5.01. The number of ketones is 1. The van der Waals surface area contributed by atoms with Crippen molar-refractivity contribution in [1.82, 2.24) is 4.98 Å². The van der Waals surface area contributed by atoms with Crippen molar-refractivity contribution in [3.63, 3.8) is 0 Å². The molecule has 1 unspecified atom stereocenters. The standard InChI is InChI=1S/C21H29NO5/c1-3-26-20(24)18(21(25)27-4-2)19(23)16(17-12-8-9-13-22-17)14-15-10-6-5-7-11-15/h8-9,12-13,15-16,18H,3-7,10-11,14H2,1-2H3. The number of ether oxygens (including phenoxy) is 2. The first-order chi connectivity index (χ1) is 13.1. The number of carbonyl (C=O) groups excluding carboxylic acids is 3. The van der Waals surface area contributed by atoms with Gasteiger partial charge in [0.05, 0.1) is 24.8 Å². The van der Waals surface area contributed by atoms with Crippen molar-refractivity contribution in [2.45, 2.75) is 58.3 Å². The summed E-state index contributed by atoms with van der Waals surface area (Å²) < 4.78 is 9.98. The summed E-state index contributed by atoms with van der Waals surface area (Å²) in [6.45, 7) is 3.48. The minimum Gasteiger partial charge on any atom is -0.465 e. The van der Waals surface area contributed by atoms with Crippen LogP contribution >= 0.6 is 0 Å². The van der Waals surface area contributed by atoms with Crippen LogP contribution < -0.4 is 0 Å². The van der Waals surface area contributed by atoms with E-state index in [2.05, 4.69) is 4.98 Å². The van der Waals surface area contributed by atoms with E-state index in [1.54, 1.807) is 32.2 Å². The van der Waals surface area contributed by atoms with E-state index < -0.39 is 29.6 Å². The fourth-order valence-corrected chi connectivity index (χ4v) is 3.70. The zero-order chi connectivity index (χ0) is 19.6. The average molecular weight is 375 g/mol. The maximum atomic E-state index is 13.3. The molecule has 148 valence electrons. The Kier molecular flexibility index (Phi) is 8.43. The molecule has 1 aliphatic rings. The van der Waals surface area contributed by atoms with Crippen LogP contribution in [-0.4, -0.2) is 35.9 Å². The molecular formula is C21H29NO5. The molecule has 2 rings (SSSR count). The second-order valence-corrected chi connectivity index (χ2v) is 6.89. The lowest BCUT2D eigenvalue weighted by Crippen LogP contribution is -2.38. The third kappa shape index (κ3) is 5.88. The zero-order valence-corrected chi connectivity index (χ0v) is 16.2. The molecule has 0 saturated heterocycles. The van der Waals surface area contributed by atoms with Gasteiger partial charge in [0.15, 0.2) is 5.78 Å². The molecule has 27 heavy (non-hydrogen) atoms. The van der Waals surface area contributed by atoms with Crippen molar-refractivity contribution in [2.24, 2.45) is 11.8 Å². The summed E-state index contributed by atoms with van der Waals surface area (Å²) in [6.07, 6.45) is 7.83. The average Bonchev–Trinajstić information content (AvgIpc) is 2.68. The van der Waals surface area contributed by atoms with E-state index in [0.717, 1.165) is 25.7 Å². The molecule has 0 aliphatic heterocycles. The summed E-state index contributed by atoms with van der Waals surface area (Å²) in [5, 5.41) is 0. The number of aromatic nitrogens is 1. The Morgan fingerprint density at radius 3 is 2.19 bits per heavy atom. The Bertz CT molecular complexity index is 607. The lowest BCUT2D eigenvalue weighted by molar-refractivity contribution is -0.164. The summed E-state index contributed by atoms with van der Waals surface area (Å²) in [5.74, 6) is -3.94. The number of hydrogen-bond acceptors (Lipinski definition) is 6. The topological polar surface area (TPSA) is 82.6 Å². The van der Waals surface area contributed by atoms with Crippen LogP contribution in [0.5, 0.6) is 0 Å². The van der Waals surface area contributed by atoms with Crippen molar-refractivity contribution >= 4 is 17.7 Å². The van der Waals surface area contributed by atoms with Crippen LogP contribution in [0.25, 0.3) is 0 Å². The SMILES string of the molecule is CCOC(=O)C(C(=O)OCC)C(=O)C(CC1CCCCC1)c1ccccn1. The molecule has 1 saturated carbocycles. The van der Waals surface area contributed by atoms with Crippen molar-refractivity contribution in [3.05, 3.63) is 30.1 Å². The summed E-state index contributed by atoms with van der Waals surface area (Å²) in [6, 6.07) is 5.37. The minimum absolute atomic E-state index is 0.0961. The lowest BCUT2D eigenvalue weighted by atomic mass is 9.78. The highest BCUT2D eigenvalue weighted by Crippen LogP contribution is 2.34. The second-order valence-electron chi connectivity index (χ2n) is 6.89. The summed E-state index contributed by atoms with van der Waals surface area (Å²) >= 11 is 0. The van der Waals surface area contributed by atoms with Crippen LogP contribution in [0, 0.1) is 11.8 Å². The molecule has 0 amide bonds. The van der Waals surface area contributed by atoms with E-state index in [1.807, 2.05) is 6.07 Å². The number of Topliss-reactive ketones (excluding diaryl/α,β-unsaturated/α-hetero) is 1. The van der Waals surface area contributed by atoms with Crippen LogP contribution in [0.15, 0.2) is 24.4 Å². The molecule has 0 aromatic carbocycles. The molecule has 6 heteroatoms. The minimum atomic E-state index is -1.56. The van der Waals surface area contributed by atoms with Crippen molar-refractivity contribution in [3.8, 4) is 0 Å². The first kappa shape index (κ1) is 21.1. The zero-order valence-electron chi connectivity index (χ0n) is 16.2. The monoisotopic (exact) mass is 375 g/mol. The smallest absolute Gasteiger partial charge is 0.328 e. The van der Waals surface area contributed by atoms with E-state index in [0.29, 0.717) is 18.0 Å². The Labute approximate surface area is 160 Å². The van der Waals surface area contributed by atoms with Gasteiger partial charge >= 0.3 is 11.9 Å². The van der Waals surface area contributed by atoms with Gasteiger partial charge in [-0.05, 0) is 38.3 Å². The molecule has 0 radical (unpaired) electrons. The first-order valence-electron chi connectivity index (χ1n) is 9.86. The number of rotatable bonds is 9. The van der Waals surface area contributed by atoms with Crippen molar-refractivity contribution in [2.75, 3.05) is 13.2 Å². The largest absolute Gasteiger partial charge is 0.465 e. The second kappa shape index (κ2) is 10.8. The van der Waals surface area contributed by atoms with E-state index in [-0.39, 0.29) is 13.2 Å². The van der Waals surface area contributed by atoms with Crippen LogP contribution in [0.2, 0.25) is 0 Å². The fraction of sp³-hybridized carbons (Fsp3) is 0.619. The van der Waals surface area contributed by atoms with Crippen molar-refractivity contribution < 1.29 is 23.9 Å². The Hall–Kier alpha value is -2.24. The number of esters is 2. The molecule has 1 aromatic rings. The van der Waals surface area contributed by atoms with Gasteiger partial charge in [-0.3, -0.25) is 19.4 Å². The molecule has 1 aromatic heterocycles. The van der Waals surface area contributed by atoms with Gasteiger partial charge in [-0.15, -0.1) is 0 Å². The highest BCUT2D eigenvalue weighted by molar-refractivity contribution is 6.16. The number of pyridine rings is 1. The van der Waals surface area contributed by atoms with Gasteiger partial charge in [-0.2, -0.15) is 0 Å². The number of nitrogens with zero attached hydrogens (tertiary/aromatic N) is 1. The highest BCUT2D eigenvalue weighted by Gasteiger charge is 2.42. The van der Waals surface area contributed by atoms with Gasteiger partial charge in [0, 0.05) is 6.20 Å². The van der Waals surface area contributed by atoms with Gasteiger partial charge in [-0.1, -0.05) is 38.2 Å². The molecule has 0 N–H and O–H groups in total. The summed E-state index contributed by atoms with van der Waals surface area (Å²) in [5.41, 5.74) is 0.590. The fourth-order valence-electron chi connectivity index (χ4n) is 3.70. The molecule has 1 fully saturated rings. The molecular weight excluding hydrogens is 346 g/mol. The highest BCUT2D eigenvalue weighted by atomic mass is 16.6. The molecule has 6 nitrogen and oxygen atoms in total. The maximum Gasteiger partial charge on any atom is 0.328 e. The van der Waals surface area contributed by atoms with Gasteiger partial charge in [-0.25, -0.2) is 0 Å². The predicted octanol–water partition coefficient (Wildman–Crippen LogP) is 3.45. The van der Waals surface area contributed by atoms with E-state index >= 15 is 0 Å². The predicted molar refractivity (Wildman–Crippen MR) is 99.9 cm³/mol. The molecule has 1 heterocycles. The Balaban J connectivity index is 2.30. The van der Waals surface area contributed by atoms with Crippen LogP contribution in [0.4, 0.5) is 0 Å². The molecule has 1 aliphatic carbocycles. The van der Waals surface area contributed by atoms with Gasteiger partial charge in [0.2, 0.25) is 5.92 Å². The summed E-state index contributed by atoms with van der Waals surface area (Å²) in [4.78, 5) is 42.4. The normalized spacial score (nSPS) is 16.0. The quantitative estimate of drug-likeness (QED) is 0.486. The number of carbonyl (C=O) groups is 3. The Morgan fingerprint density at radius 1 is 1.04 bits per heavy atom. The van der Waals surface area contributed by atoms with Crippen LogP contribution in [-0.2, 0) is 23.9 Å². The van der Waals surface area contributed by atoms with Crippen LogP contribution in [0.3, 0.4) is 0 Å². The molecule has 0 bridgehead atoms. The van der Waals surface area contributed by atoms with E-state index in [9.17, 15) is 14.4 Å². The van der Waals surface area contributed by atoms with Gasteiger partial charge < -0.3 is 9.47 Å². The van der Waals surface area contributed by atoms with E-state index in [1.165, 1.54) is 6.42 Å². The molecule has 1 atom stereocenters. The van der Waals surface area contributed by atoms with Crippen LogP contribution in [0.1, 0.15) is 64.0 Å². The van der Waals surface area contributed by atoms with E-state index in [4.69, 9.17) is 9.47 Å². The first-order valence-corrected chi connectivity index (χ1v) is 9.86. The van der Waals surface area contributed by atoms with Gasteiger partial charge in [0.1, 0.15) is 0 Å². The Morgan fingerprint density at radius 2 is 1.67 bits per heavy atom. The third-order valence-electron chi connectivity index (χ3n) is 5.01. The molecule has 0 spiro atoms. The lowest BCUT2D eigenvalue weighted by Gasteiger charge is -2.27.